The lowest BCUT2D eigenvalue weighted by Gasteiger charge is -2.08. The van der Waals surface area contributed by atoms with Gasteiger partial charge in [-0.25, -0.2) is 22.0 Å². The lowest BCUT2D eigenvalue weighted by atomic mass is 9.99. The average Bonchev–Trinajstić information content (AvgIpc) is 2.34. The fraction of sp³-hybridized carbons (Fsp3) is 0.333. The van der Waals surface area contributed by atoms with Gasteiger partial charge in [0.05, 0.1) is 12.0 Å². The van der Waals surface area contributed by atoms with Gasteiger partial charge in [0.1, 0.15) is 5.78 Å². The molecule has 1 aromatic carbocycles. The van der Waals surface area contributed by atoms with Crippen LogP contribution in [0.1, 0.15) is 30.6 Å². The number of rotatable bonds is 4. The largest absolute Gasteiger partial charge is 0.299 e. The van der Waals surface area contributed by atoms with Crippen LogP contribution in [0.3, 0.4) is 0 Å². The molecule has 104 valence electrons. The van der Waals surface area contributed by atoms with Gasteiger partial charge in [-0.05, 0) is 0 Å². The molecule has 2 nitrogen and oxygen atoms in total. The van der Waals surface area contributed by atoms with E-state index >= 15 is 0 Å². The predicted octanol–water partition coefficient (Wildman–Crippen LogP) is 3.18. The van der Waals surface area contributed by atoms with Crippen LogP contribution in [0.5, 0.6) is 0 Å². The number of carbonyl (C=O) groups excluding carboxylic acids is 2. The Morgan fingerprint density at radius 3 is 1.58 bits per heavy atom. The zero-order chi connectivity index (χ0) is 14.9. The van der Waals surface area contributed by atoms with Crippen molar-refractivity contribution in [2.75, 3.05) is 0 Å². The van der Waals surface area contributed by atoms with Gasteiger partial charge in [0.2, 0.25) is 5.82 Å². The quantitative estimate of drug-likeness (QED) is 0.279. The van der Waals surface area contributed by atoms with E-state index in [0.717, 1.165) is 0 Å². The third-order valence-corrected chi connectivity index (χ3v) is 2.47. The summed E-state index contributed by atoms with van der Waals surface area (Å²) in [6.45, 7) is 2.88. The lowest BCUT2D eigenvalue weighted by molar-refractivity contribution is -0.121. The van der Waals surface area contributed by atoms with Gasteiger partial charge in [-0.15, -0.1) is 0 Å². The molecule has 1 rings (SSSR count). The highest BCUT2D eigenvalue weighted by Crippen LogP contribution is 2.24. The Hall–Kier alpha value is -1.79. The van der Waals surface area contributed by atoms with E-state index in [1.54, 1.807) is 0 Å². The number of halogens is 5. The second kappa shape index (κ2) is 5.46. The molecule has 0 radical (unpaired) electrons. The van der Waals surface area contributed by atoms with E-state index in [1.807, 2.05) is 0 Å². The summed E-state index contributed by atoms with van der Waals surface area (Å²) in [4.78, 5) is 22.7. The molecule has 0 saturated heterocycles. The van der Waals surface area contributed by atoms with Crippen LogP contribution in [-0.4, -0.2) is 11.6 Å². The first kappa shape index (κ1) is 15.3. The van der Waals surface area contributed by atoms with Crippen LogP contribution in [0.4, 0.5) is 22.0 Å². The molecule has 1 aromatic rings. The van der Waals surface area contributed by atoms with Crippen molar-refractivity contribution < 1.29 is 31.5 Å². The summed E-state index contributed by atoms with van der Waals surface area (Å²) in [6, 6.07) is 0. The standard InChI is InChI=1S/C12H9F5O2/c1-4(2)5(18)3-6(19)7-8(13)10(15)12(17)11(16)9(7)14/h4H,3H2,1-2H3. The van der Waals surface area contributed by atoms with E-state index in [9.17, 15) is 31.5 Å². The van der Waals surface area contributed by atoms with E-state index < -0.39 is 58.6 Å². The summed E-state index contributed by atoms with van der Waals surface area (Å²) >= 11 is 0. The van der Waals surface area contributed by atoms with Crippen LogP contribution in [-0.2, 0) is 4.79 Å². The van der Waals surface area contributed by atoms with Gasteiger partial charge in [0, 0.05) is 5.92 Å². The number of benzene rings is 1. The number of carbonyl (C=O) groups is 2. The molecule has 0 aliphatic heterocycles. The summed E-state index contributed by atoms with van der Waals surface area (Å²) in [7, 11) is 0. The maximum Gasteiger partial charge on any atom is 0.200 e. The highest BCUT2D eigenvalue weighted by Gasteiger charge is 2.30. The molecular weight excluding hydrogens is 271 g/mol. The van der Waals surface area contributed by atoms with Crippen LogP contribution in [0.2, 0.25) is 0 Å². The number of Topliss-reactive ketones (excluding diaryl/α,β-unsaturated/α-hetero) is 2. The molecule has 0 heterocycles. The Bertz CT molecular complexity index is 523. The van der Waals surface area contributed by atoms with Gasteiger partial charge in [-0.2, -0.15) is 0 Å². The molecule has 0 saturated carbocycles. The second-order valence-corrected chi connectivity index (χ2v) is 4.17. The van der Waals surface area contributed by atoms with Crippen LogP contribution in [0, 0.1) is 35.0 Å². The Balaban J connectivity index is 3.29. The Labute approximate surface area is 105 Å². The third-order valence-electron chi connectivity index (χ3n) is 2.47. The first-order chi connectivity index (χ1) is 8.68. The summed E-state index contributed by atoms with van der Waals surface area (Å²) in [5, 5.41) is 0. The first-order valence-electron chi connectivity index (χ1n) is 5.25. The molecule has 0 atom stereocenters. The summed E-state index contributed by atoms with van der Waals surface area (Å²) in [5.74, 6) is -13.9. The van der Waals surface area contributed by atoms with Crippen LogP contribution < -0.4 is 0 Å². The van der Waals surface area contributed by atoms with Crippen molar-refractivity contribution in [3.63, 3.8) is 0 Å². The van der Waals surface area contributed by atoms with E-state index in [2.05, 4.69) is 0 Å². The fourth-order valence-corrected chi connectivity index (χ4v) is 1.30. The maximum absolute atomic E-state index is 13.3. The zero-order valence-corrected chi connectivity index (χ0v) is 9.99. The van der Waals surface area contributed by atoms with Crippen molar-refractivity contribution in [2.45, 2.75) is 20.3 Å². The van der Waals surface area contributed by atoms with Gasteiger partial charge in [0.15, 0.2) is 29.1 Å². The minimum absolute atomic E-state index is 0.592. The molecule has 19 heavy (non-hydrogen) atoms. The topological polar surface area (TPSA) is 34.1 Å². The van der Waals surface area contributed by atoms with Gasteiger partial charge < -0.3 is 0 Å². The number of ketones is 2. The van der Waals surface area contributed by atoms with E-state index in [-0.39, 0.29) is 0 Å². The summed E-state index contributed by atoms with van der Waals surface area (Å²) in [5.41, 5.74) is -1.58. The number of hydrogen-bond donors (Lipinski definition) is 0. The van der Waals surface area contributed by atoms with Gasteiger partial charge >= 0.3 is 0 Å². The minimum Gasteiger partial charge on any atom is -0.299 e. The van der Waals surface area contributed by atoms with Crippen molar-refractivity contribution in [3.05, 3.63) is 34.6 Å². The van der Waals surface area contributed by atoms with E-state index in [1.165, 1.54) is 13.8 Å². The molecule has 7 heteroatoms. The zero-order valence-electron chi connectivity index (χ0n) is 9.99. The molecule has 0 unspecified atom stereocenters. The van der Waals surface area contributed by atoms with E-state index in [4.69, 9.17) is 0 Å². The molecule has 0 N–H and O–H groups in total. The predicted molar refractivity (Wildman–Crippen MR) is 55.0 cm³/mol. The van der Waals surface area contributed by atoms with E-state index in [0.29, 0.717) is 0 Å². The SMILES string of the molecule is CC(C)C(=O)CC(=O)c1c(F)c(F)c(F)c(F)c1F. The molecule has 0 bridgehead atoms. The Morgan fingerprint density at radius 2 is 1.21 bits per heavy atom. The van der Waals surface area contributed by atoms with Crippen molar-refractivity contribution >= 4 is 11.6 Å². The smallest absolute Gasteiger partial charge is 0.200 e. The lowest BCUT2D eigenvalue weighted by Crippen LogP contribution is -2.18. The maximum atomic E-state index is 13.3. The van der Waals surface area contributed by atoms with Gasteiger partial charge in [-0.3, -0.25) is 9.59 Å². The molecule has 0 fully saturated rings. The molecular formula is C12H9F5O2. The highest BCUT2D eigenvalue weighted by molar-refractivity contribution is 6.08. The Morgan fingerprint density at radius 1 is 0.842 bits per heavy atom. The van der Waals surface area contributed by atoms with Crippen LogP contribution >= 0.6 is 0 Å². The van der Waals surface area contributed by atoms with Crippen molar-refractivity contribution in [3.8, 4) is 0 Å². The van der Waals surface area contributed by atoms with Crippen molar-refractivity contribution in [1.29, 1.82) is 0 Å². The average molecular weight is 280 g/mol. The summed E-state index contributed by atoms with van der Waals surface area (Å²) < 4.78 is 65.0. The molecule has 0 aliphatic rings. The van der Waals surface area contributed by atoms with Crippen LogP contribution in [0.25, 0.3) is 0 Å². The molecule has 0 aromatic heterocycles. The third kappa shape index (κ3) is 2.80. The first-order valence-corrected chi connectivity index (χ1v) is 5.25. The van der Waals surface area contributed by atoms with Crippen molar-refractivity contribution in [1.82, 2.24) is 0 Å². The molecule has 0 amide bonds. The number of hydrogen-bond acceptors (Lipinski definition) is 2. The minimum atomic E-state index is -2.35. The summed E-state index contributed by atoms with van der Waals surface area (Å²) in [6.07, 6.45) is -0.921. The highest BCUT2D eigenvalue weighted by atomic mass is 19.2. The van der Waals surface area contributed by atoms with Gasteiger partial charge in [-0.1, -0.05) is 13.8 Å². The Kier molecular flexibility index (Phi) is 4.39. The van der Waals surface area contributed by atoms with Crippen molar-refractivity contribution in [2.24, 2.45) is 5.92 Å². The fourth-order valence-electron chi connectivity index (χ4n) is 1.30. The molecule has 0 spiro atoms. The van der Waals surface area contributed by atoms with Gasteiger partial charge in [0.25, 0.3) is 0 Å². The second-order valence-electron chi connectivity index (χ2n) is 4.17. The monoisotopic (exact) mass is 280 g/mol. The molecule has 0 aliphatic carbocycles. The van der Waals surface area contributed by atoms with Crippen LogP contribution in [0.15, 0.2) is 0 Å². The normalized spacial score (nSPS) is 10.9.